The molecule has 1 aromatic heterocycles. The lowest BCUT2D eigenvalue weighted by molar-refractivity contribution is -0.390. The number of aryl methyl sites for hydroxylation is 1. The molecule has 0 atom stereocenters. The normalized spacial score (nSPS) is 14.3. The Balaban J connectivity index is 2.30. The minimum atomic E-state index is -0.631. The van der Waals surface area contributed by atoms with E-state index < -0.39 is 4.92 Å². The SMILES string of the molecule is Cc1nc([N+](=O)[O-])c(Br)n1C(=O)CC1=CC=CCC1=S. The first-order valence-electron chi connectivity index (χ1n) is 5.73. The summed E-state index contributed by atoms with van der Waals surface area (Å²) in [4.78, 5) is 26.9. The maximum Gasteiger partial charge on any atom is 0.397 e. The standard InChI is InChI=1S/C12H10BrN3O3S/c1-7-14-12(16(18)19)11(13)15(7)10(17)6-8-4-2-3-5-9(8)20/h2-4H,5-6H2,1H3. The van der Waals surface area contributed by atoms with Crippen LogP contribution >= 0.6 is 28.1 Å². The second-order valence-electron chi connectivity index (χ2n) is 4.18. The van der Waals surface area contributed by atoms with Crippen molar-refractivity contribution in [3.63, 3.8) is 0 Å². The number of nitro groups is 1. The fraction of sp³-hybridized carbons (Fsp3) is 0.250. The lowest BCUT2D eigenvalue weighted by Crippen LogP contribution is -2.16. The first-order valence-corrected chi connectivity index (χ1v) is 6.93. The molecule has 0 amide bonds. The summed E-state index contributed by atoms with van der Waals surface area (Å²) < 4.78 is 1.25. The van der Waals surface area contributed by atoms with Gasteiger partial charge in [0.1, 0.15) is 0 Å². The van der Waals surface area contributed by atoms with E-state index >= 15 is 0 Å². The third kappa shape index (κ3) is 2.75. The lowest BCUT2D eigenvalue weighted by Gasteiger charge is -2.10. The quantitative estimate of drug-likeness (QED) is 0.472. The molecular formula is C12H10BrN3O3S. The van der Waals surface area contributed by atoms with Crippen molar-refractivity contribution < 1.29 is 9.72 Å². The highest BCUT2D eigenvalue weighted by atomic mass is 79.9. The van der Waals surface area contributed by atoms with Crippen molar-refractivity contribution in [2.24, 2.45) is 0 Å². The van der Waals surface area contributed by atoms with Crippen molar-refractivity contribution in [3.8, 4) is 0 Å². The number of hydrogen-bond donors (Lipinski definition) is 0. The van der Waals surface area contributed by atoms with Crippen LogP contribution in [0.1, 0.15) is 23.5 Å². The number of imidazole rings is 1. The summed E-state index contributed by atoms with van der Waals surface area (Å²) in [7, 11) is 0. The monoisotopic (exact) mass is 355 g/mol. The third-order valence-electron chi connectivity index (χ3n) is 2.83. The number of hydrogen-bond acceptors (Lipinski definition) is 5. The zero-order valence-electron chi connectivity index (χ0n) is 10.5. The van der Waals surface area contributed by atoms with Gasteiger partial charge in [0.25, 0.3) is 0 Å². The average Bonchev–Trinajstić information content (AvgIpc) is 2.68. The molecule has 0 bridgehead atoms. The molecule has 0 fully saturated rings. The molecule has 8 heteroatoms. The van der Waals surface area contributed by atoms with Crippen molar-refractivity contribution in [1.29, 1.82) is 0 Å². The van der Waals surface area contributed by atoms with Crippen LogP contribution in [0.25, 0.3) is 0 Å². The molecule has 0 aromatic carbocycles. The van der Waals surface area contributed by atoms with Gasteiger partial charge in [0.05, 0.1) is 6.42 Å². The Bertz CT molecular complexity index is 676. The van der Waals surface area contributed by atoms with E-state index in [0.717, 1.165) is 5.57 Å². The Morgan fingerprint density at radius 2 is 2.35 bits per heavy atom. The van der Waals surface area contributed by atoms with Crippen LogP contribution in [0, 0.1) is 17.0 Å². The minimum absolute atomic E-state index is 0.0582. The number of nitrogens with zero attached hydrogens (tertiary/aromatic N) is 3. The first kappa shape index (κ1) is 14.7. The topological polar surface area (TPSA) is 78.0 Å². The van der Waals surface area contributed by atoms with E-state index in [4.69, 9.17) is 12.2 Å². The first-order chi connectivity index (χ1) is 9.41. The Morgan fingerprint density at radius 1 is 1.65 bits per heavy atom. The zero-order chi connectivity index (χ0) is 14.9. The van der Waals surface area contributed by atoms with Crippen LogP contribution in [0.3, 0.4) is 0 Å². The third-order valence-corrected chi connectivity index (χ3v) is 3.97. The smallest absolute Gasteiger partial charge is 0.358 e. The second-order valence-corrected chi connectivity index (χ2v) is 5.43. The second kappa shape index (κ2) is 5.76. The summed E-state index contributed by atoms with van der Waals surface area (Å²) in [5, 5.41) is 10.8. The molecule has 0 saturated heterocycles. The summed E-state index contributed by atoms with van der Waals surface area (Å²) in [6.07, 6.45) is 6.28. The Kier molecular flexibility index (Phi) is 4.24. The number of allylic oxidation sites excluding steroid dienone is 4. The number of carbonyl (C=O) groups excluding carboxylic acids is 1. The maximum absolute atomic E-state index is 12.3. The summed E-state index contributed by atoms with van der Waals surface area (Å²) in [5.74, 6) is -0.402. The fourth-order valence-electron chi connectivity index (χ4n) is 1.88. The maximum atomic E-state index is 12.3. The fourth-order valence-corrected chi connectivity index (χ4v) is 2.80. The molecule has 6 nitrogen and oxygen atoms in total. The highest BCUT2D eigenvalue weighted by Gasteiger charge is 2.27. The number of rotatable bonds is 3. The molecule has 1 aromatic rings. The van der Waals surface area contributed by atoms with Gasteiger partial charge in [-0.2, -0.15) is 0 Å². The van der Waals surface area contributed by atoms with Crippen molar-refractivity contribution >= 4 is 44.7 Å². The molecular weight excluding hydrogens is 346 g/mol. The van der Waals surface area contributed by atoms with Gasteiger partial charge in [-0.15, -0.1) is 0 Å². The summed E-state index contributed by atoms with van der Waals surface area (Å²) in [6.45, 7) is 1.54. The van der Waals surface area contributed by atoms with Gasteiger partial charge < -0.3 is 10.1 Å². The minimum Gasteiger partial charge on any atom is -0.358 e. The van der Waals surface area contributed by atoms with Crippen LogP contribution in [-0.4, -0.2) is 25.2 Å². The Labute approximate surface area is 128 Å². The molecule has 1 aliphatic rings. The number of aromatic nitrogens is 2. The van der Waals surface area contributed by atoms with Gasteiger partial charge in [-0.1, -0.05) is 30.4 Å². The van der Waals surface area contributed by atoms with E-state index in [0.29, 0.717) is 11.3 Å². The molecule has 0 aliphatic heterocycles. The molecule has 20 heavy (non-hydrogen) atoms. The molecule has 2 rings (SSSR count). The van der Waals surface area contributed by atoms with Crippen molar-refractivity contribution in [3.05, 3.63) is 44.3 Å². The van der Waals surface area contributed by atoms with E-state index in [1.165, 1.54) is 4.57 Å². The zero-order valence-corrected chi connectivity index (χ0v) is 12.9. The highest BCUT2D eigenvalue weighted by molar-refractivity contribution is 9.10. The number of carbonyl (C=O) groups is 1. The molecule has 0 N–H and O–H groups in total. The van der Waals surface area contributed by atoms with Gasteiger partial charge in [0, 0.05) is 18.2 Å². The van der Waals surface area contributed by atoms with Crippen LogP contribution < -0.4 is 0 Å². The van der Waals surface area contributed by atoms with Gasteiger partial charge in [0.2, 0.25) is 11.7 Å². The van der Waals surface area contributed by atoms with E-state index in [1.54, 1.807) is 13.0 Å². The van der Waals surface area contributed by atoms with E-state index in [2.05, 4.69) is 20.9 Å². The highest BCUT2D eigenvalue weighted by Crippen LogP contribution is 2.26. The van der Waals surface area contributed by atoms with Gasteiger partial charge in [0.15, 0.2) is 4.60 Å². The largest absolute Gasteiger partial charge is 0.397 e. The number of halogens is 1. The molecule has 0 unspecified atom stereocenters. The van der Waals surface area contributed by atoms with Crippen LogP contribution in [0.2, 0.25) is 0 Å². The van der Waals surface area contributed by atoms with Gasteiger partial charge >= 0.3 is 5.82 Å². The molecule has 0 spiro atoms. The van der Waals surface area contributed by atoms with Gasteiger partial charge in [-0.05, 0) is 31.4 Å². The molecule has 1 heterocycles. The molecule has 1 aliphatic carbocycles. The van der Waals surface area contributed by atoms with Crippen molar-refractivity contribution in [2.75, 3.05) is 0 Å². The summed E-state index contributed by atoms with van der Waals surface area (Å²) in [6, 6.07) is 0. The number of thiocarbonyl (C=S) groups is 1. The van der Waals surface area contributed by atoms with Gasteiger partial charge in [-0.25, -0.2) is 4.57 Å². The summed E-state index contributed by atoms with van der Waals surface area (Å²) >= 11 is 8.25. The molecule has 104 valence electrons. The van der Waals surface area contributed by atoms with Crippen molar-refractivity contribution in [2.45, 2.75) is 19.8 Å². The lowest BCUT2D eigenvalue weighted by atomic mass is 10.0. The van der Waals surface area contributed by atoms with Gasteiger partial charge in [-0.3, -0.25) is 4.79 Å². The van der Waals surface area contributed by atoms with Crippen LogP contribution in [0.5, 0.6) is 0 Å². The average molecular weight is 356 g/mol. The van der Waals surface area contributed by atoms with Crippen LogP contribution in [0.4, 0.5) is 5.82 Å². The molecule has 0 saturated carbocycles. The van der Waals surface area contributed by atoms with E-state index in [1.807, 2.05) is 12.2 Å². The predicted octanol–water partition coefficient (Wildman–Crippen LogP) is 3.15. The summed E-state index contributed by atoms with van der Waals surface area (Å²) in [5.41, 5.74) is 0.759. The Morgan fingerprint density at radius 3 is 2.90 bits per heavy atom. The van der Waals surface area contributed by atoms with Crippen LogP contribution in [-0.2, 0) is 0 Å². The Hall–Kier alpha value is -1.67. The van der Waals surface area contributed by atoms with Crippen LogP contribution in [0.15, 0.2) is 28.4 Å². The molecule has 0 radical (unpaired) electrons. The van der Waals surface area contributed by atoms with E-state index in [-0.39, 0.29) is 28.6 Å². The van der Waals surface area contributed by atoms with Crippen molar-refractivity contribution in [1.82, 2.24) is 9.55 Å². The predicted molar refractivity (Wildman–Crippen MR) is 81.0 cm³/mol. The van der Waals surface area contributed by atoms with E-state index in [9.17, 15) is 14.9 Å².